The van der Waals surface area contributed by atoms with Crippen molar-refractivity contribution in [2.24, 2.45) is 0 Å². The topological polar surface area (TPSA) is 29.9 Å². The van der Waals surface area contributed by atoms with E-state index in [1.54, 1.807) is 17.8 Å². The van der Waals surface area contributed by atoms with Gasteiger partial charge in [0.1, 0.15) is 0 Å². The summed E-state index contributed by atoms with van der Waals surface area (Å²) in [4.78, 5) is 4.19. The molecule has 0 amide bonds. The molecule has 0 saturated heterocycles. The molecule has 2 aromatic rings. The first-order chi connectivity index (χ1) is 7.61. The van der Waals surface area contributed by atoms with Gasteiger partial charge in [-0.05, 0) is 19.1 Å². The predicted octanol–water partition coefficient (Wildman–Crippen LogP) is 2.50. The van der Waals surface area contributed by atoms with Gasteiger partial charge in [-0.15, -0.1) is 0 Å². The third-order valence-corrected chi connectivity index (χ3v) is 2.23. The van der Waals surface area contributed by atoms with Crippen molar-refractivity contribution in [2.75, 3.05) is 12.4 Å². The summed E-state index contributed by atoms with van der Waals surface area (Å²) < 4.78 is 27.5. The van der Waals surface area contributed by atoms with Crippen molar-refractivity contribution >= 4 is 5.95 Å². The minimum atomic E-state index is -0.870. The molecule has 0 aliphatic carbocycles. The lowest BCUT2D eigenvalue weighted by atomic mass is 10.3. The molecule has 2 rings (SSSR count). The number of rotatable bonds is 2. The number of anilines is 1. The number of imidazole rings is 1. The highest BCUT2D eigenvalue weighted by Crippen LogP contribution is 2.18. The lowest BCUT2D eigenvalue weighted by Crippen LogP contribution is -2.01. The molecular formula is C11H11F2N3. The molecule has 0 bridgehead atoms. The molecule has 0 aliphatic heterocycles. The van der Waals surface area contributed by atoms with Crippen LogP contribution in [0.15, 0.2) is 24.4 Å². The zero-order chi connectivity index (χ0) is 11.7. The van der Waals surface area contributed by atoms with Crippen LogP contribution in [0.2, 0.25) is 0 Å². The predicted molar refractivity (Wildman–Crippen MR) is 57.8 cm³/mol. The van der Waals surface area contributed by atoms with Crippen LogP contribution in [0.1, 0.15) is 5.69 Å². The van der Waals surface area contributed by atoms with Crippen molar-refractivity contribution in [1.82, 2.24) is 9.55 Å². The molecule has 1 aromatic heterocycles. The summed E-state index contributed by atoms with van der Waals surface area (Å²) in [5, 5.41) is 2.88. The number of nitrogens with zero attached hydrogens (tertiary/aromatic N) is 2. The highest BCUT2D eigenvalue weighted by molar-refractivity contribution is 5.43. The van der Waals surface area contributed by atoms with Crippen LogP contribution in [0.4, 0.5) is 14.7 Å². The Morgan fingerprint density at radius 3 is 2.62 bits per heavy atom. The maximum Gasteiger partial charge on any atom is 0.207 e. The van der Waals surface area contributed by atoms with Gasteiger partial charge >= 0.3 is 0 Å². The molecule has 16 heavy (non-hydrogen) atoms. The van der Waals surface area contributed by atoms with Crippen LogP contribution in [0.5, 0.6) is 0 Å². The molecule has 0 atom stereocenters. The van der Waals surface area contributed by atoms with Crippen molar-refractivity contribution in [1.29, 1.82) is 0 Å². The fourth-order valence-electron chi connectivity index (χ4n) is 1.51. The number of aromatic nitrogens is 2. The summed E-state index contributed by atoms with van der Waals surface area (Å²) in [7, 11) is 1.72. The van der Waals surface area contributed by atoms with Gasteiger partial charge in [-0.2, -0.15) is 0 Å². The van der Waals surface area contributed by atoms with Crippen molar-refractivity contribution in [2.45, 2.75) is 6.92 Å². The first-order valence-electron chi connectivity index (χ1n) is 4.81. The third kappa shape index (κ3) is 1.76. The quantitative estimate of drug-likeness (QED) is 0.847. The molecule has 1 aromatic carbocycles. The van der Waals surface area contributed by atoms with Gasteiger partial charge in [0.2, 0.25) is 5.95 Å². The van der Waals surface area contributed by atoms with E-state index in [-0.39, 0.29) is 0 Å². The van der Waals surface area contributed by atoms with Crippen LogP contribution in [0.25, 0.3) is 5.69 Å². The van der Waals surface area contributed by atoms with Crippen molar-refractivity contribution in [3.8, 4) is 5.69 Å². The van der Waals surface area contributed by atoms with E-state index in [0.29, 0.717) is 11.6 Å². The maximum atomic E-state index is 13.1. The van der Waals surface area contributed by atoms with E-state index in [9.17, 15) is 8.78 Å². The minimum Gasteiger partial charge on any atom is -0.358 e. The SMILES string of the molecule is CNc1nc(C)cn1-c1ccc(F)c(F)c1. The van der Waals surface area contributed by atoms with E-state index >= 15 is 0 Å². The largest absolute Gasteiger partial charge is 0.358 e. The van der Waals surface area contributed by atoms with Gasteiger partial charge < -0.3 is 5.32 Å². The summed E-state index contributed by atoms with van der Waals surface area (Å²) in [5.74, 6) is -1.14. The van der Waals surface area contributed by atoms with Gasteiger partial charge in [0, 0.05) is 19.3 Å². The molecule has 1 N–H and O–H groups in total. The Morgan fingerprint density at radius 1 is 1.25 bits per heavy atom. The molecule has 0 radical (unpaired) electrons. The number of halogens is 2. The van der Waals surface area contributed by atoms with Gasteiger partial charge in [0.05, 0.1) is 11.4 Å². The minimum absolute atomic E-state index is 0.531. The normalized spacial score (nSPS) is 10.5. The fourth-order valence-corrected chi connectivity index (χ4v) is 1.51. The Hall–Kier alpha value is -1.91. The lowest BCUT2D eigenvalue weighted by molar-refractivity contribution is 0.508. The van der Waals surface area contributed by atoms with E-state index in [2.05, 4.69) is 10.3 Å². The van der Waals surface area contributed by atoms with Crippen LogP contribution in [-0.4, -0.2) is 16.6 Å². The standard InChI is InChI=1S/C11H11F2N3/c1-7-6-16(11(14-2)15-7)8-3-4-9(12)10(13)5-8/h3-6H,1-2H3,(H,14,15). The zero-order valence-electron chi connectivity index (χ0n) is 8.96. The molecule has 1 heterocycles. The molecule has 0 fully saturated rings. The monoisotopic (exact) mass is 223 g/mol. The second-order valence-electron chi connectivity index (χ2n) is 3.42. The average molecular weight is 223 g/mol. The summed E-state index contributed by atoms with van der Waals surface area (Å²) in [6.07, 6.45) is 1.75. The Labute approximate surface area is 91.7 Å². The molecule has 0 aliphatic rings. The average Bonchev–Trinajstić information content (AvgIpc) is 2.63. The first kappa shape index (κ1) is 10.6. The highest BCUT2D eigenvalue weighted by Gasteiger charge is 2.08. The summed E-state index contributed by atoms with van der Waals surface area (Å²) in [5.41, 5.74) is 1.33. The molecule has 0 spiro atoms. The van der Waals surface area contributed by atoms with Crippen molar-refractivity contribution in [3.63, 3.8) is 0 Å². The van der Waals surface area contributed by atoms with Crippen LogP contribution in [0.3, 0.4) is 0 Å². The highest BCUT2D eigenvalue weighted by atomic mass is 19.2. The number of benzene rings is 1. The molecule has 0 saturated carbocycles. The fraction of sp³-hybridized carbons (Fsp3) is 0.182. The van der Waals surface area contributed by atoms with Crippen molar-refractivity contribution in [3.05, 3.63) is 41.7 Å². The third-order valence-electron chi connectivity index (χ3n) is 2.23. The maximum absolute atomic E-state index is 13.1. The smallest absolute Gasteiger partial charge is 0.207 e. The number of nitrogens with one attached hydrogen (secondary N) is 1. The molecule has 5 heteroatoms. The van der Waals surface area contributed by atoms with Gasteiger partial charge in [-0.1, -0.05) is 0 Å². The zero-order valence-corrected chi connectivity index (χ0v) is 8.96. The second kappa shape index (κ2) is 3.92. The molecule has 3 nitrogen and oxygen atoms in total. The van der Waals surface area contributed by atoms with E-state index in [4.69, 9.17) is 0 Å². The lowest BCUT2D eigenvalue weighted by Gasteiger charge is -2.06. The van der Waals surface area contributed by atoms with Crippen LogP contribution in [-0.2, 0) is 0 Å². The molecular weight excluding hydrogens is 212 g/mol. The Bertz CT molecular complexity index is 520. The molecule has 84 valence electrons. The van der Waals surface area contributed by atoms with E-state index in [1.807, 2.05) is 6.92 Å². The van der Waals surface area contributed by atoms with Crippen LogP contribution >= 0.6 is 0 Å². The second-order valence-corrected chi connectivity index (χ2v) is 3.42. The van der Waals surface area contributed by atoms with Crippen molar-refractivity contribution < 1.29 is 8.78 Å². The van der Waals surface area contributed by atoms with Gasteiger partial charge in [0.15, 0.2) is 11.6 Å². The Morgan fingerprint density at radius 2 is 2.00 bits per heavy atom. The number of hydrogen-bond acceptors (Lipinski definition) is 2. The van der Waals surface area contributed by atoms with Crippen LogP contribution < -0.4 is 5.32 Å². The number of hydrogen-bond donors (Lipinski definition) is 1. The Balaban J connectivity index is 2.53. The first-order valence-corrected chi connectivity index (χ1v) is 4.81. The van der Waals surface area contributed by atoms with E-state index in [1.165, 1.54) is 6.07 Å². The van der Waals surface area contributed by atoms with Crippen LogP contribution in [0, 0.1) is 18.6 Å². The van der Waals surface area contributed by atoms with Gasteiger partial charge in [-0.25, -0.2) is 13.8 Å². The summed E-state index contributed by atoms with van der Waals surface area (Å²) in [6.45, 7) is 1.83. The summed E-state index contributed by atoms with van der Waals surface area (Å²) in [6, 6.07) is 3.73. The summed E-state index contributed by atoms with van der Waals surface area (Å²) >= 11 is 0. The van der Waals surface area contributed by atoms with E-state index in [0.717, 1.165) is 17.8 Å². The molecule has 0 unspecified atom stereocenters. The van der Waals surface area contributed by atoms with Gasteiger partial charge in [-0.3, -0.25) is 4.57 Å². The van der Waals surface area contributed by atoms with Gasteiger partial charge in [0.25, 0.3) is 0 Å². The van der Waals surface area contributed by atoms with E-state index < -0.39 is 11.6 Å². The number of aryl methyl sites for hydroxylation is 1. The Kier molecular flexibility index (Phi) is 2.60.